The first-order chi connectivity index (χ1) is 12.1. The Bertz CT molecular complexity index is 624. The van der Waals surface area contributed by atoms with Gasteiger partial charge in [0.15, 0.2) is 0 Å². The van der Waals surface area contributed by atoms with Crippen LogP contribution in [0.5, 0.6) is 0 Å². The number of benzene rings is 1. The monoisotopic (exact) mass is 364 g/mol. The molecule has 2 bridgehead atoms. The molecule has 0 radical (unpaired) electrons. The molecule has 3 aliphatic rings. The van der Waals surface area contributed by atoms with Crippen LogP contribution in [0.2, 0.25) is 5.02 Å². The lowest BCUT2D eigenvalue weighted by Gasteiger charge is -2.36. The molecule has 2 aliphatic carbocycles. The third-order valence-electron chi connectivity index (χ3n) is 6.49. The van der Waals surface area contributed by atoms with E-state index in [9.17, 15) is 9.18 Å². The van der Waals surface area contributed by atoms with E-state index in [1.54, 1.807) is 12.1 Å². The summed E-state index contributed by atoms with van der Waals surface area (Å²) in [6.45, 7) is 3.57. The summed E-state index contributed by atoms with van der Waals surface area (Å²) in [7, 11) is 0. The zero-order valence-electron chi connectivity index (χ0n) is 14.6. The number of halogens is 2. The summed E-state index contributed by atoms with van der Waals surface area (Å²) in [4.78, 5) is 16.8. The van der Waals surface area contributed by atoms with Gasteiger partial charge in [-0.1, -0.05) is 24.1 Å². The molecule has 1 aliphatic heterocycles. The fraction of sp³-hybridized carbons (Fsp3) is 0.650. The number of rotatable bonds is 4. The zero-order valence-corrected chi connectivity index (χ0v) is 15.3. The van der Waals surface area contributed by atoms with Crippen LogP contribution in [0.1, 0.15) is 37.7 Å². The Morgan fingerprint density at radius 2 is 1.96 bits per heavy atom. The van der Waals surface area contributed by atoms with Gasteiger partial charge < -0.3 is 4.90 Å². The molecular weight excluding hydrogens is 339 g/mol. The second-order valence-electron chi connectivity index (χ2n) is 8.00. The maximum atomic E-state index is 13.9. The quantitative estimate of drug-likeness (QED) is 0.807. The van der Waals surface area contributed by atoms with Crippen molar-refractivity contribution in [2.75, 3.05) is 26.2 Å². The van der Waals surface area contributed by atoms with Crippen molar-refractivity contribution < 1.29 is 9.18 Å². The molecule has 0 aromatic heterocycles. The summed E-state index contributed by atoms with van der Waals surface area (Å²) in [5.74, 6) is 2.40. The molecule has 25 heavy (non-hydrogen) atoms. The molecule has 0 unspecified atom stereocenters. The highest BCUT2D eigenvalue weighted by Gasteiger charge is 2.40. The van der Waals surface area contributed by atoms with Gasteiger partial charge in [0.05, 0.1) is 0 Å². The molecule has 1 aromatic rings. The van der Waals surface area contributed by atoms with Crippen LogP contribution < -0.4 is 0 Å². The van der Waals surface area contributed by atoms with E-state index in [1.165, 1.54) is 31.7 Å². The third-order valence-corrected chi connectivity index (χ3v) is 6.84. The van der Waals surface area contributed by atoms with E-state index < -0.39 is 0 Å². The van der Waals surface area contributed by atoms with Crippen LogP contribution in [-0.4, -0.2) is 41.9 Å². The number of hydrogen-bond donors (Lipinski definition) is 0. The van der Waals surface area contributed by atoms with Gasteiger partial charge >= 0.3 is 0 Å². The second-order valence-corrected chi connectivity index (χ2v) is 8.40. The lowest BCUT2D eigenvalue weighted by atomic mass is 9.86. The fourth-order valence-corrected chi connectivity index (χ4v) is 5.27. The van der Waals surface area contributed by atoms with Crippen LogP contribution in [0, 0.1) is 23.6 Å². The molecule has 3 nitrogen and oxygen atoms in total. The lowest BCUT2D eigenvalue weighted by molar-refractivity contribution is -0.134. The average Bonchev–Trinajstić information content (AvgIpc) is 3.22. The molecule has 5 heteroatoms. The van der Waals surface area contributed by atoms with Gasteiger partial charge in [0.2, 0.25) is 5.91 Å². The molecule has 1 aromatic carbocycles. The predicted molar refractivity (Wildman–Crippen MR) is 96.8 cm³/mol. The standard InChI is InChI=1S/C20H26ClFN2O/c21-18-2-1-3-19(22)17(18)13-23-6-8-24(9-7-23)20(25)12-16-11-14-4-5-15(16)10-14/h1-3,14-16H,4-13H2/t14-,15-,16-/m0/s1. The van der Waals surface area contributed by atoms with E-state index in [0.717, 1.165) is 44.4 Å². The molecule has 1 heterocycles. The molecule has 136 valence electrons. The van der Waals surface area contributed by atoms with Crippen LogP contribution in [0.25, 0.3) is 0 Å². The molecule has 2 saturated carbocycles. The van der Waals surface area contributed by atoms with E-state index >= 15 is 0 Å². The SMILES string of the molecule is O=C(C[C@@H]1C[C@H]2CC[C@H]1C2)N1CCN(Cc2c(F)cccc2Cl)CC1. The summed E-state index contributed by atoms with van der Waals surface area (Å²) < 4.78 is 13.9. The van der Waals surface area contributed by atoms with Gasteiger partial charge in [-0.15, -0.1) is 0 Å². The minimum atomic E-state index is -0.248. The Labute approximate surface area is 154 Å². The summed E-state index contributed by atoms with van der Waals surface area (Å²) >= 11 is 6.12. The lowest BCUT2D eigenvalue weighted by Crippen LogP contribution is -2.48. The maximum Gasteiger partial charge on any atom is 0.222 e. The summed E-state index contributed by atoms with van der Waals surface area (Å²) in [6.07, 6.45) is 6.07. The van der Waals surface area contributed by atoms with Gasteiger partial charge in [-0.25, -0.2) is 4.39 Å². The number of fused-ring (bicyclic) bond motifs is 2. The van der Waals surface area contributed by atoms with Crippen molar-refractivity contribution in [3.8, 4) is 0 Å². The minimum absolute atomic E-state index is 0.248. The molecular formula is C20H26ClFN2O. The van der Waals surface area contributed by atoms with Crippen molar-refractivity contribution in [2.24, 2.45) is 17.8 Å². The highest BCUT2D eigenvalue weighted by molar-refractivity contribution is 6.31. The van der Waals surface area contributed by atoms with E-state index in [1.807, 2.05) is 4.90 Å². The number of carbonyl (C=O) groups is 1. The van der Waals surface area contributed by atoms with Crippen LogP contribution >= 0.6 is 11.6 Å². The number of piperazine rings is 1. The van der Waals surface area contributed by atoms with Gasteiger partial charge in [-0.3, -0.25) is 9.69 Å². The Hall–Kier alpha value is -1.13. The number of carbonyl (C=O) groups excluding carboxylic acids is 1. The normalized spacial score (nSPS) is 29.4. The molecule has 4 rings (SSSR count). The topological polar surface area (TPSA) is 23.6 Å². The second kappa shape index (κ2) is 7.24. The van der Waals surface area contributed by atoms with E-state index in [-0.39, 0.29) is 5.82 Å². The van der Waals surface area contributed by atoms with Crippen molar-refractivity contribution in [2.45, 2.75) is 38.6 Å². The van der Waals surface area contributed by atoms with Gasteiger partial charge in [0.25, 0.3) is 0 Å². The van der Waals surface area contributed by atoms with Crippen LogP contribution in [0.3, 0.4) is 0 Å². The van der Waals surface area contributed by atoms with Crippen LogP contribution in [-0.2, 0) is 11.3 Å². The first kappa shape index (κ1) is 17.3. The van der Waals surface area contributed by atoms with E-state index in [2.05, 4.69) is 4.90 Å². The van der Waals surface area contributed by atoms with Gasteiger partial charge in [0.1, 0.15) is 5.82 Å². The summed E-state index contributed by atoms with van der Waals surface area (Å²) in [6, 6.07) is 4.82. The smallest absolute Gasteiger partial charge is 0.222 e. The average molecular weight is 365 g/mol. The first-order valence-electron chi connectivity index (χ1n) is 9.53. The molecule has 0 spiro atoms. The van der Waals surface area contributed by atoms with E-state index in [0.29, 0.717) is 29.0 Å². The maximum absolute atomic E-state index is 13.9. The van der Waals surface area contributed by atoms with Crippen molar-refractivity contribution in [3.05, 3.63) is 34.6 Å². The molecule has 3 fully saturated rings. The van der Waals surface area contributed by atoms with Crippen molar-refractivity contribution in [3.63, 3.8) is 0 Å². The molecule has 3 atom stereocenters. The van der Waals surface area contributed by atoms with Crippen molar-refractivity contribution in [1.82, 2.24) is 9.80 Å². The summed E-state index contributed by atoms with van der Waals surface area (Å²) in [5.41, 5.74) is 0.561. The molecule has 1 amide bonds. The number of hydrogen-bond acceptors (Lipinski definition) is 2. The van der Waals surface area contributed by atoms with Crippen molar-refractivity contribution in [1.29, 1.82) is 0 Å². The Morgan fingerprint density at radius 1 is 1.16 bits per heavy atom. The van der Waals surface area contributed by atoms with Gasteiger partial charge in [-0.2, -0.15) is 0 Å². The minimum Gasteiger partial charge on any atom is -0.340 e. The highest BCUT2D eigenvalue weighted by atomic mass is 35.5. The Kier molecular flexibility index (Phi) is 5.01. The molecule has 0 N–H and O–H groups in total. The first-order valence-corrected chi connectivity index (χ1v) is 9.91. The Balaban J connectivity index is 1.27. The number of nitrogens with zero attached hydrogens (tertiary/aromatic N) is 2. The highest BCUT2D eigenvalue weighted by Crippen LogP contribution is 2.49. The van der Waals surface area contributed by atoms with Crippen LogP contribution in [0.4, 0.5) is 4.39 Å². The third kappa shape index (κ3) is 3.70. The van der Waals surface area contributed by atoms with Crippen molar-refractivity contribution >= 4 is 17.5 Å². The largest absolute Gasteiger partial charge is 0.340 e. The zero-order chi connectivity index (χ0) is 17.4. The van der Waals surface area contributed by atoms with Crippen LogP contribution in [0.15, 0.2) is 18.2 Å². The summed E-state index contributed by atoms with van der Waals surface area (Å²) in [5, 5.41) is 0.481. The number of amides is 1. The fourth-order valence-electron chi connectivity index (χ4n) is 5.04. The van der Waals surface area contributed by atoms with Gasteiger partial charge in [-0.05, 0) is 49.1 Å². The molecule has 1 saturated heterocycles. The van der Waals surface area contributed by atoms with E-state index in [4.69, 9.17) is 11.6 Å². The predicted octanol–water partition coefficient (Wildman–Crippen LogP) is 3.95. The van der Waals surface area contributed by atoms with Gasteiger partial charge in [0, 0.05) is 49.7 Å². The Morgan fingerprint density at radius 3 is 2.60 bits per heavy atom.